The van der Waals surface area contributed by atoms with Crippen LogP contribution in [0.3, 0.4) is 0 Å². The number of aryl methyl sites for hydroxylation is 1. The van der Waals surface area contributed by atoms with Crippen LogP contribution in [-0.4, -0.2) is 32.1 Å². The molecule has 29 heavy (non-hydrogen) atoms. The molecule has 4 rings (SSSR count). The Morgan fingerprint density at radius 1 is 1.38 bits per heavy atom. The van der Waals surface area contributed by atoms with Gasteiger partial charge in [-0.25, -0.2) is 13.4 Å². The first-order valence-corrected chi connectivity index (χ1v) is 11.6. The molecule has 1 unspecified atom stereocenters. The van der Waals surface area contributed by atoms with Crippen molar-refractivity contribution in [3.05, 3.63) is 53.7 Å². The lowest BCUT2D eigenvalue weighted by molar-refractivity contribution is 0.582. The van der Waals surface area contributed by atoms with Crippen LogP contribution >= 0.6 is 0 Å². The SMILES string of the molecule is Cc1cncc2c1c(C[C@@H]1CCNC1)cn2-c1ccc(F)cc1S(=N)(=O)C(C)C. The fourth-order valence-electron chi connectivity index (χ4n) is 4.18. The number of rotatable bonds is 5. The van der Waals surface area contributed by atoms with E-state index >= 15 is 0 Å². The van der Waals surface area contributed by atoms with Crippen molar-refractivity contribution in [3.8, 4) is 5.69 Å². The van der Waals surface area contributed by atoms with E-state index in [1.54, 1.807) is 26.1 Å². The number of nitrogens with zero attached hydrogens (tertiary/aromatic N) is 2. The maximum absolute atomic E-state index is 14.1. The number of aromatic nitrogens is 2. The normalized spacial score (nSPS) is 19.1. The van der Waals surface area contributed by atoms with E-state index in [1.165, 1.54) is 17.7 Å². The van der Waals surface area contributed by atoms with E-state index in [2.05, 4.69) is 16.5 Å². The Bertz CT molecular complexity index is 1160. The monoisotopic (exact) mass is 414 g/mol. The highest BCUT2D eigenvalue weighted by molar-refractivity contribution is 7.93. The van der Waals surface area contributed by atoms with E-state index in [4.69, 9.17) is 4.78 Å². The Morgan fingerprint density at radius 2 is 2.17 bits per heavy atom. The number of fused-ring (bicyclic) bond motifs is 1. The minimum absolute atomic E-state index is 0.236. The molecule has 2 atom stereocenters. The molecule has 5 nitrogen and oxygen atoms in total. The Kier molecular flexibility index (Phi) is 5.21. The molecule has 3 heterocycles. The van der Waals surface area contributed by atoms with Crippen molar-refractivity contribution in [1.29, 1.82) is 4.78 Å². The summed E-state index contributed by atoms with van der Waals surface area (Å²) in [6, 6.07) is 4.24. The van der Waals surface area contributed by atoms with Crippen LogP contribution in [-0.2, 0) is 16.1 Å². The smallest absolute Gasteiger partial charge is 0.124 e. The molecule has 1 saturated heterocycles. The molecule has 3 aromatic rings. The molecule has 2 N–H and O–H groups in total. The zero-order valence-electron chi connectivity index (χ0n) is 17.0. The predicted octanol–water partition coefficient (Wildman–Crippen LogP) is 4.44. The summed E-state index contributed by atoms with van der Waals surface area (Å²) in [6.45, 7) is 7.57. The molecule has 0 aliphatic carbocycles. The third-order valence-electron chi connectivity index (χ3n) is 5.82. The van der Waals surface area contributed by atoms with E-state index in [0.717, 1.165) is 42.4 Å². The molecule has 0 bridgehead atoms. The molecule has 0 spiro atoms. The highest BCUT2D eigenvalue weighted by atomic mass is 32.2. The van der Waals surface area contributed by atoms with E-state index in [1.807, 2.05) is 17.7 Å². The summed E-state index contributed by atoms with van der Waals surface area (Å²) < 4.78 is 37.7. The predicted molar refractivity (Wildman–Crippen MR) is 115 cm³/mol. The van der Waals surface area contributed by atoms with Crippen LogP contribution in [0.2, 0.25) is 0 Å². The van der Waals surface area contributed by atoms with Gasteiger partial charge in [0.2, 0.25) is 0 Å². The highest BCUT2D eigenvalue weighted by Crippen LogP contribution is 2.33. The van der Waals surface area contributed by atoms with Gasteiger partial charge in [0, 0.05) is 23.0 Å². The van der Waals surface area contributed by atoms with Gasteiger partial charge < -0.3 is 9.88 Å². The fraction of sp³-hybridized carbons (Fsp3) is 0.409. The molecule has 0 radical (unpaired) electrons. The van der Waals surface area contributed by atoms with Crippen molar-refractivity contribution in [1.82, 2.24) is 14.9 Å². The number of benzene rings is 1. The van der Waals surface area contributed by atoms with Crippen LogP contribution < -0.4 is 5.32 Å². The van der Waals surface area contributed by atoms with Gasteiger partial charge in [-0.3, -0.25) is 4.98 Å². The Balaban J connectivity index is 1.95. The van der Waals surface area contributed by atoms with Gasteiger partial charge in [-0.05, 0) is 81.9 Å². The molecule has 1 aliphatic heterocycles. The van der Waals surface area contributed by atoms with E-state index in [9.17, 15) is 8.60 Å². The molecule has 7 heteroatoms. The summed E-state index contributed by atoms with van der Waals surface area (Å²) in [5.41, 5.74) is 3.79. The summed E-state index contributed by atoms with van der Waals surface area (Å²) in [4.78, 5) is 4.60. The molecule has 0 amide bonds. The summed E-state index contributed by atoms with van der Waals surface area (Å²) in [6.07, 6.45) is 7.80. The van der Waals surface area contributed by atoms with Gasteiger partial charge >= 0.3 is 0 Å². The Morgan fingerprint density at radius 3 is 2.86 bits per heavy atom. The van der Waals surface area contributed by atoms with Gasteiger partial charge in [0.05, 0.1) is 32.0 Å². The van der Waals surface area contributed by atoms with Crippen molar-refractivity contribution in [3.63, 3.8) is 0 Å². The molecule has 154 valence electrons. The van der Waals surface area contributed by atoms with E-state index in [0.29, 0.717) is 11.6 Å². The zero-order valence-corrected chi connectivity index (χ0v) is 17.9. The van der Waals surface area contributed by atoms with Crippen LogP contribution in [0.5, 0.6) is 0 Å². The van der Waals surface area contributed by atoms with Crippen LogP contribution in [0, 0.1) is 23.4 Å². The molecule has 2 aromatic heterocycles. The second kappa shape index (κ2) is 7.54. The lowest BCUT2D eigenvalue weighted by Gasteiger charge is -2.17. The number of nitrogens with one attached hydrogen (secondary N) is 2. The summed E-state index contributed by atoms with van der Waals surface area (Å²) in [5, 5.41) is 4.14. The molecule has 1 aliphatic rings. The number of hydrogen-bond acceptors (Lipinski definition) is 4. The van der Waals surface area contributed by atoms with Crippen LogP contribution in [0.15, 0.2) is 41.7 Å². The van der Waals surface area contributed by atoms with Gasteiger partial charge in [0.25, 0.3) is 0 Å². The van der Waals surface area contributed by atoms with E-state index in [-0.39, 0.29) is 4.90 Å². The first-order chi connectivity index (χ1) is 13.8. The maximum atomic E-state index is 14.1. The third kappa shape index (κ3) is 3.57. The molecule has 1 fully saturated rings. The van der Waals surface area contributed by atoms with E-state index < -0.39 is 20.8 Å². The van der Waals surface area contributed by atoms with Crippen molar-refractivity contribution in [2.24, 2.45) is 5.92 Å². The standard InChI is InChI=1S/C22H27FN4OS/c1-14(2)29(24,28)21-9-18(23)4-5-19(21)27-13-17(8-16-6-7-25-11-16)22-15(3)10-26-12-20(22)27/h4-5,9-10,12-14,16,24-25H,6-8,11H2,1-3H3/t16-,29?/m0/s1. The Hall–Kier alpha value is -2.25. The second-order valence-corrected chi connectivity index (χ2v) is 10.8. The number of halogens is 1. The fourth-order valence-corrected chi connectivity index (χ4v) is 5.45. The Labute approximate surface area is 171 Å². The quantitative estimate of drug-likeness (QED) is 0.648. The van der Waals surface area contributed by atoms with Gasteiger partial charge in [-0.1, -0.05) is 0 Å². The minimum Gasteiger partial charge on any atom is -0.316 e. The van der Waals surface area contributed by atoms with Gasteiger partial charge in [-0.2, -0.15) is 0 Å². The topological polar surface area (TPSA) is 70.8 Å². The first-order valence-electron chi connectivity index (χ1n) is 10.0. The molecular formula is C22H27FN4OS. The summed E-state index contributed by atoms with van der Waals surface area (Å²) in [7, 11) is -3.16. The molecule has 0 saturated carbocycles. The van der Waals surface area contributed by atoms with Gasteiger partial charge in [0.1, 0.15) is 5.82 Å². The zero-order chi connectivity index (χ0) is 20.8. The third-order valence-corrected chi connectivity index (χ3v) is 8.13. The van der Waals surface area contributed by atoms with Crippen molar-refractivity contribution in [2.45, 2.75) is 43.8 Å². The second-order valence-electron chi connectivity index (χ2n) is 8.20. The van der Waals surface area contributed by atoms with Crippen LogP contribution in [0.4, 0.5) is 4.39 Å². The number of pyridine rings is 1. The largest absolute Gasteiger partial charge is 0.316 e. The van der Waals surface area contributed by atoms with Gasteiger partial charge in [0.15, 0.2) is 0 Å². The van der Waals surface area contributed by atoms with Crippen molar-refractivity contribution < 1.29 is 8.60 Å². The lowest BCUT2D eigenvalue weighted by Crippen LogP contribution is -2.15. The van der Waals surface area contributed by atoms with Crippen molar-refractivity contribution >= 4 is 20.6 Å². The molecule has 1 aromatic carbocycles. The van der Waals surface area contributed by atoms with Crippen LogP contribution in [0.1, 0.15) is 31.4 Å². The first kappa shape index (κ1) is 20.0. The van der Waals surface area contributed by atoms with Crippen LogP contribution in [0.25, 0.3) is 16.6 Å². The average Bonchev–Trinajstić information content (AvgIpc) is 3.31. The molecular weight excluding hydrogens is 387 g/mol. The lowest BCUT2D eigenvalue weighted by atomic mass is 9.97. The minimum atomic E-state index is -3.16. The average molecular weight is 415 g/mol. The summed E-state index contributed by atoms with van der Waals surface area (Å²) in [5.74, 6) is 0.0952. The maximum Gasteiger partial charge on any atom is 0.124 e. The number of hydrogen-bond donors (Lipinski definition) is 2. The van der Waals surface area contributed by atoms with Gasteiger partial charge in [-0.15, -0.1) is 0 Å². The van der Waals surface area contributed by atoms with Crippen molar-refractivity contribution in [2.75, 3.05) is 13.1 Å². The summed E-state index contributed by atoms with van der Waals surface area (Å²) >= 11 is 0. The highest BCUT2D eigenvalue weighted by Gasteiger charge is 2.24.